The maximum atomic E-state index is 5.86. The standard InChI is InChI=1S/C13H25O5PS/c1-4-6-13(9-14-12(2,3)15-10-13)11-18-19(20)16-7-5-8-17-19/h4-11H2,1-3H3. The Labute approximate surface area is 126 Å². The van der Waals surface area contributed by atoms with Gasteiger partial charge in [-0.25, -0.2) is 0 Å². The lowest BCUT2D eigenvalue weighted by Crippen LogP contribution is -2.48. The predicted molar refractivity (Wildman–Crippen MR) is 80.1 cm³/mol. The van der Waals surface area contributed by atoms with Gasteiger partial charge in [0.25, 0.3) is 0 Å². The fourth-order valence-corrected chi connectivity index (χ4v) is 4.27. The minimum atomic E-state index is -2.56. The van der Waals surface area contributed by atoms with Crippen LogP contribution in [0.4, 0.5) is 0 Å². The molecule has 0 saturated carbocycles. The number of hydrogen-bond donors (Lipinski definition) is 0. The van der Waals surface area contributed by atoms with Gasteiger partial charge in [-0.15, -0.1) is 0 Å². The largest absolute Gasteiger partial charge is 0.350 e. The van der Waals surface area contributed by atoms with Crippen molar-refractivity contribution >= 4 is 18.5 Å². The third kappa shape index (κ3) is 4.47. The Kier molecular flexibility index (Phi) is 5.63. The lowest BCUT2D eigenvalue weighted by Gasteiger charge is -2.43. The van der Waals surface area contributed by atoms with E-state index in [1.54, 1.807) is 0 Å². The monoisotopic (exact) mass is 324 g/mol. The second-order valence-electron chi connectivity index (χ2n) is 5.97. The Morgan fingerprint density at radius 1 is 1.15 bits per heavy atom. The molecule has 118 valence electrons. The first-order valence-electron chi connectivity index (χ1n) is 7.20. The van der Waals surface area contributed by atoms with Gasteiger partial charge in [0.05, 0.1) is 33.0 Å². The van der Waals surface area contributed by atoms with Gasteiger partial charge < -0.3 is 23.0 Å². The fraction of sp³-hybridized carbons (Fsp3) is 1.00. The quantitative estimate of drug-likeness (QED) is 0.724. The van der Waals surface area contributed by atoms with Crippen molar-refractivity contribution in [3.8, 4) is 0 Å². The highest BCUT2D eigenvalue weighted by atomic mass is 32.5. The van der Waals surface area contributed by atoms with Gasteiger partial charge in [0.1, 0.15) is 0 Å². The molecule has 7 heteroatoms. The van der Waals surface area contributed by atoms with E-state index in [0.717, 1.165) is 19.3 Å². The molecule has 2 heterocycles. The Hall–Kier alpha value is 0.450. The van der Waals surface area contributed by atoms with E-state index in [2.05, 4.69) is 6.92 Å². The topological polar surface area (TPSA) is 46.2 Å². The Morgan fingerprint density at radius 3 is 2.30 bits per heavy atom. The molecule has 2 aliphatic rings. The van der Waals surface area contributed by atoms with Crippen LogP contribution in [0.2, 0.25) is 0 Å². The van der Waals surface area contributed by atoms with Crippen LogP contribution in [0.25, 0.3) is 0 Å². The molecule has 0 spiro atoms. The molecule has 20 heavy (non-hydrogen) atoms. The highest BCUT2D eigenvalue weighted by Gasteiger charge is 2.41. The van der Waals surface area contributed by atoms with E-state index in [4.69, 9.17) is 34.9 Å². The highest BCUT2D eigenvalue weighted by molar-refractivity contribution is 8.07. The molecule has 2 fully saturated rings. The first-order chi connectivity index (χ1) is 9.39. The van der Waals surface area contributed by atoms with Crippen LogP contribution in [-0.4, -0.2) is 38.8 Å². The maximum absolute atomic E-state index is 5.86. The summed E-state index contributed by atoms with van der Waals surface area (Å²) < 4.78 is 28.5. The number of ether oxygens (including phenoxy) is 2. The van der Waals surface area contributed by atoms with Crippen LogP contribution in [0.15, 0.2) is 0 Å². The molecule has 0 aromatic carbocycles. The van der Waals surface area contributed by atoms with E-state index in [9.17, 15) is 0 Å². The summed E-state index contributed by atoms with van der Waals surface area (Å²) in [6, 6.07) is 0. The zero-order chi connectivity index (χ0) is 14.7. The van der Waals surface area contributed by atoms with Gasteiger partial charge in [-0.05, 0) is 38.5 Å². The average Bonchev–Trinajstić information content (AvgIpc) is 2.41. The first kappa shape index (κ1) is 16.8. The van der Waals surface area contributed by atoms with Gasteiger partial charge in [-0.3, -0.25) is 0 Å². The lowest BCUT2D eigenvalue weighted by atomic mass is 9.85. The van der Waals surface area contributed by atoms with Gasteiger partial charge in [-0.1, -0.05) is 13.3 Å². The van der Waals surface area contributed by atoms with E-state index in [0.29, 0.717) is 33.0 Å². The molecule has 0 N–H and O–H groups in total. The molecule has 0 aliphatic carbocycles. The van der Waals surface area contributed by atoms with Crippen LogP contribution in [0, 0.1) is 5.41 Å². The van der Waals surface area contributed by atoms with Crippen LogP contribution < -0.4 is 0 Å². The van der Waals surface area contributed by atoms with Crippen LogP contribution in [0.3, 0.4) is 0 Å². The molecule has 2 rings (SSSR count). The molecule has 5 nitrogen and oxygen atoms in total. The third-order valence-electron chi connectivity index (χ3n) is 3.55. The van der Waals surface area contributed by atoms with Gasteiger partial charge >= 0.3 is 6.72 Å². The SMILES string of the molecule is CCCC1(COP2(=S)OCCCO2)COC(C)(C)OC1. The van der Waals surface area contributed by atoms with E-state index >= 15 is 0 Å². The van der Waals surface area contributed by atoms with Gasteiger partial charge in [0.2, 0.25) is 0 Å². The predicted octanol–water partition coefficient (Wildman–Crippen LogP) is 3.23. The van der Waals surface area contributed by atoms with E-state index in [1.165, 1.54) is 0 Å². The summed E-state index contributed by atoms with van der Waals surface area (Å²) in [4.78, 5) is 0. The lowest BCUT2D eigenvalue weighted by molar-refractivity contribution is -0.290. The smallest absolute Gasteiger partial charge is 0.327 e. The number of hydrogen-bond acceptors (Lipinski definition) is 6. The van der Waals surface area contributed by atoms with E-state index < -0.39 is 12.5 Å². The van der Waals surface area contributed by atoms with Gasteiger partial charge in [0.15, 0.2) is 5.79 Å². The molecule has 0 atom stereocenters. The van der Waals surface area contributed by atoms with Crippen molar-refractivity contribution in [1.29, 1.82) is 0 Å². The second-order valence-corrected chi connectivity index (χ2v) is 8.98. The Balaban J connectivity index is 1.94. The summed E-state index contributed by atoms with van der Waals surface area (Å²) in [6.07, 6.45) is 2.89. The Morgan fingerprint density at radius 2 is 1.75 bits per heavy atom. The molecule has 0 bridgehead atoms. The van der Waals surface area contributed by atoms with Crippen LogP contribution in [0.5, 0.6) is 0 Å². The second kappa shape index (κ2) is 6.69. The molecular formula is C13H25O5PS. The van der Waals surface area contributed by atoms with E-state index in [1.807, 2.05) is 13.8 Å². The summed E-state index contributed by atoms with van der Waals surface area (Å²) >= 11 is 5.36. The van der Waals surface area contributed by atoms with Crippen LogP contribution in [0.1, 0.15) is 40.0 Å². The van der Waals surface area contributed by atoms with Crippen molar-refractivity contribution in [2.24, 2.45) is 5.41 Å². The van der Waals surface area contributed by atoms with Crippen molar-refractivity contribution in [3.63, 3.8) is 0 Å². The summed E-state index contributed by atoms with van der Waals surface area (Å²) in [6.45, 7) is 6.39. The molecule has 2 saturated heterocycles. The summed E-state index contributed by atoms with van der Waals surface area (Å²) in [5, 5.41) is 0. The fourth-order valence-electron chi connectivity index (χ4n) is 2.31. The number of rotatable bonds is 5. The molecular weight excluding hydrogens is 299 g/mol. The van der Waals surface area contributed by atoms with Crippen molar-refractivity contribution < 1.29 is 23.0 Å². The maximum Gasteiger partial charge on any atom is 0.327 e. The zero-order valence-electron chi connectivity index (χ0n) is 12.6. The minimum Gasteiger partial charge on any atom is -0.350 e. The Bertz CT molecular complexity index is 354. The van der Waals surface area contributed by atoms with E-state index in [-0.39, 0.29) is 5.41 Å². The van der Waals surface area contributed by atoms with Crippen molar-refractivity contribution in [2.45, 2.75) is 45.8 Å². The van der Waals surface area contributed by atoms with Crippen LogP contribution >= 0.6 is 6.72 Å². The van der Waals surface area contributed by atoms with Gasteiger partial charge in [-0.2, -0.15) is 0 Å². The molecule has 0 aromatic heterocycles. The molecule has 0 aromatic rings. The van der Waals surface area contributed by atoms with Crippen molar-refractivity contribution in [1.82, 2.24) is 0 Å². The first-order valence-corrected chi connectivity index (χ1v) is 9.76. The van der Waals surface area contributed by atoms with Crippen molar-refractivity contribution in [3.05, 3.63) is 0 Å². The summed E-state index contributed by atoms with van der Waals surface area (Å²) in [7, 11) is 0. The average molecular weight is 324 g/mol. The summed E-state index contributed by atoms with van der Waals surface area (Å²) in [5.41, 5.74) is -0.153. The minimum absolute atomic E-state index is 0.153. The van der Waals surface area contributed by atoms with Gasteiger partial charge in [0, 0.05) is 5.41 Å². The third-order valence-corrected chi connectivity index (χ3v) is 5.94. The molecule has 2 aliphatic heterocycles. The molecule has 0 amide bonds. The van der Waals surface area contributed by atoms with Crippen molar-refractivity contribution in [2.75, 3.05) is 33.0 Å². The molecule has 0 unspecified atom stereocenters. The zero-order valence-corrected chi connectivity index (χ0v) is 14.3. The normalized spacial score (nSPS) is 28.1. The summed E-state index contributed by atoms with van der Waals surface area (Å²) in [5.74, 6) is -0.518. The highest BCUT2D eigenvalue weighted by Crippen LogP contribution is 2.53. The van der Waals surface area contributed by atoms with Crippen LogP contribution in [-0.2, 0) is 34.9 Å². The molecule has 0 radical (unpaired) electrons.